The van der Waals surface area contributed by atoms with E-state index in [9.17, 15) is 9.18 Å². The standard InChI is InChI=1S/C16H13FN4O/c17-11-3-1-10(2-4-11)14-15-20-13(9-21(15)8-7-18-14)16(22)19-12-5-6-12/h1-4,7-9,12H,5-6H2,(H,19,22). The molecule has 6 heteroatoms. The van der Waals surface area contributed by atoms with Crippen LogP contribution in [0.25, 0.3) is 16.9 Å². The second-order valence-electron chi connectivity index (χ2n) is 5.39. The lowest BCUT2D eigenvalue weighted by atomic mass is 10.1. The third kappa shape index (κ3) is 2.32. The van der Waals surface area contributed by atoms with Crippen LogP contribution in [0.1, 0.15) is 23.3 Å². The summed E-state index contributed by atoms with van der Waals surface area (Å²) in [5.41, 5.74) is 2.32. The first-order chi connectivity index (χ1) is 10.7. The van der Waals surface area contributed by atoms with E-state index >= 15 is 0 Å². The molecular weight excluding hydrogens is 283 g/mol. The van der Waals surface area contributed by atoms with E-state index in [1.54, 1.807) is 35.1 Å². The van der Waals surface area contributed by atoms with Gasteiger partial charge in [-0.05, 0) is 37.1 Å². The number of nitrogens with zero attached hydrogens (tertiary/aromatic N) is 3. The summed E-state index contributed by atoms with van der Waals surface area (Å²) in [4.78, 5) is 20.8. The second-order valence-corrected chi connectivity index (χ2v) is 5.39. The number of halogens is 1. The summed E-state index contributed by atoms with van der Waals surface area (Å²) in [6.45, 7) is 0. The van der Waals surface area contributed by atoms with E-state index in [1.165, 1.54) is 12.1 Å². The highest BCUT2D eigenvalue weighted by Gasteiger charge is 2.25. The van der Waals surface area contributed by atoms with Crippen LogP contribution in [0.3, 0.4) is 0 Å². The average Bonchev–Trinajstić information content (AvgIpc) is 3.22. The van der Waals surface area contributed by atoms with Crippen molar-refractivity contribution < 1.29 is 9.18 Å². The molecule has 2 heterocycles. The van der Waals surface area contributed by atoms with Crippen LogP contribution >= 0.6 is 0 Å². The van der Waals surface area contributed by atoms with Gasteiger partial charge in [0.25, 0.3) is 5.91 Å². The highest BCUT2D eigenvalue weighted by molar-refractivity contribution is 5.94. The van der Waals surface area contributed by atoms with Gasteiger partial charge in [-0.25, -0.2) is 9.37 Å². The Kier molecular flexibility index (Phi) is 2.89. The van der Waals surface area contributed by atoms with E-state index in [1.807, 2.05) is 0 Å². The smallest absolute Gasteiger partial charge is 0.271 e. The fraction of sp³-hybridized carbons (Fsp3) is 0.188. The van der Waals surface area contributed by atoms with Crippen LogP contribution < -0.4 is 5.32 Å². The Morgan fingerprint density at radius 1 is 1.27 bits per heavy atom. The predicted molar refractivity (Wildman–Crippen MR) is 78.9 cm³/mol. The number of rotatable bonds is 3. The van der Waals surface area contributed by atoms with Crippen molar-refractivity contribution in [3.8, 4) is 11.3 Å². The Morgan fingerprint density at radius 3 is 2.77 bits per heavy atom. The number of hydrogen-bond acceptors (Lipinski definition) is 3. The summed E-state index contributed by atoms with van der Waals surface area (Å²) < 4.78 is 14.8. The van der Waals surface area contributed by atoms with Crippen molar-refractivity contribution in [3.63, 3.8) is 0 Å². The van der Waals surface area contributed by atoms with Crippen molar-refractivity contribution in [1.82, 2.24) is 19.7 Å². The topological polar surface area (TPSA) is 59.3 Å². The average molecular weight is 296 g/mol. The van der Waals surface area contributed by atoms with Gasteiger partial charge >= 0.3 is 0 Å². The first-order valence-electron chi connectivity index (χ1n) is 7.11. The van der Waals surface area contributed by atoms with Gasteiger partial charge < -0.3 is 9.72 Å². The zero-order valence-corrected chi connectivity index (χ0v) is 11.7. The van der Waals surface area contributed by atoms with E-state index in [-0.39, 0.29) is 17.8 Å². The Morgan fingerprint density at radius 2 is 2.05 bits per heavy atom. The first kappa shape index (κ1) is 12.9. The zero-order valence-electron chi connectivity index (χ0n) is 11.7. The SMILES string of the molecule is O=C(NC1CC1)c1cn2ccnc(-c3ccc(F)cc3)c2n1. The van der Waals surface area contributed by atoms with Gasteiger partial charge in [0, 0.05) is 30.2 Å². The van der Waals surface area contributed by atoms with Gasteiger partial charge in [-0.3, -0.25) is 9.78 Å². The number of fused-ring (bicyclic) bond motifs is 1. The molecule has 0 aliphatic heterocycles. The molecule has 1 saturated carbocycles. The first-order valence-corrected chi connectivity index (χ1v) is 7.11. The molecular formula is C16H13FN4O. The van der Waals surface area contributed by atoms with Gasteiger partial charge in [0.05, 0.1) is 0 Å². The maximum absolute atomic E-state index is 13.1. The zero-order chi connectivity index (χ0) is 15.1. The lowest BCUT2D eigenvalue weighted by Gasteiger charge is -2.02. The molecule has 0 saturated heterocycles. The van der Waals surface area contributed by atoms with Crippen molar-refractivity contribution in [2.45, 2.75) is 18.9 Å². The van der Waals surface area contributed by atoms with Gasteiger partial charge in [-0.1, -0.05) is 0 Å². The van der Waals surface area contributed by atoms with Gasteiger partial charge in [0.2, 0.25) is 0 Å². The number of carbonyl (C=O) groups is 1. The predicted octanol–water partition coefficient (Wildman–Crippen LogP) is 2.43. The maximum atomic E-state index is 13.1. The molecule has 0 atom stereocenters. The van der Waals surface area contributed by atoms with Crippen molar-refractivity contribution in [1.29, 1.82) is 0 Å². The van der Waals surface area contributed by atoms with Crippen LogP contribution in [0.4, 0.5) is 4.39 Å². The largest absolute Gasteiger partial charge is 0.348 e. The van der Waals surface area contributed by atoms with Crippen LogP contribution in [0.5, 0.6) is 0 Å². The van der Waals surface area contributed by atoms with Crippen LogP contribution in [0.2, 0.25) is 0 Å². The van der Waals surface area contributed by atoms with Crippen LogP contribution in [-0.4, -0.2) is 26.3 Å². The molecule has 0 bridgehead atoms. The Labute approximate surface area is 125 Å². The minimum Gasteiger partial charge on any atom is -0.348 e. The van der Waals surface area contributed by atoms with Crippen LogP contribution in [0.15, 0.2) is 42.9 Å². The van der Waals surface area contributed by atoms with Gasteiger partial charge in [0.1, 0.15) is 17.2 Å². The van der Waals surface area contributed by atoms with Crippen molar-refractivity contribution in [3.05, 3.63) is 54.4 Å². The lowest BCUT2D eigenvalue weighted by Crippen LogP contribution is -2.25. The van der Waals surface area contributed by atoms with Crippen molar-refractivity contribution >= 4 is 11.6 Å². The minimum absolute atomic E-state index is 0.170. The summed E-state index contributed by atoms with van der Waals surface area (Å²) in [6, 6.07) is 6.34. The van der Waals surface area contributed by atoms with E-state index in [0.717, 1.165) is 18.4 Å². The molecule has 110 valence electrons. The van der Waals surface area contributed by atoms with Gasteiger partial charge in [0.15, 0.2) is 5.65 Å². The maximum Gasteiger partial charge on any atom is 0.271 e. The van der Waals surface area contributed by atoms with Crippen LogP contribution in [-0.2, 0) is 0 Å². The minimum atomic E-state index is -0.302. The molecule has 22 heavy (non-hydrogen) atoms. The van der Waals surface area contributed by atoms with E-state index in [0.29, 0.717) is 17.0 Å². The molecule has 4 rings (SSSR count). The molecule has 1 aromatic carbocycles. The summed E-state index contributed by atoms with van der Waals surface area (Å²) in [6.07, 6.45) is 7.12. The third-order valence-corrected chi connectivity index (χ3v) is 3.64. The summed E-state index contributed by atoms with van der Waals surface area (Å²) in [7, 11) is 0. The lowest BCUT2D eigenvalue weighted by molar-refractivity contribution is 0.0946. The fourth-order valence-electron chi connectivity index (χ4n) is 2.33. The molecule has 2 aromatic heterocycles. The Hall–Kier alpha value is -2.76. The molecule has 3 aromatic rings. The highest BCUT2D eigenvalue weighted by atomic mass is 19.1. The Bertz CT molecular complexity index is 852. The molecule has 5 nitrogen and oxygen atoms in total. The quantitative estimate of drug-likeness (QED) is 0.807. The van der Waals surface area contributed by atoms with E-state index in [4.69, 9.17) is 0 Å². The summed E-state index contributed by atoms with van der Waals surface area (Å²) in [5.74, 6) is -0.472. The van der Waals surface area contributed by atoms with E-state index < -0.39 is 0 Å². The second kappa shape index (κ2) is 4.91. The monoisotopic (exact) mass is 296 g/mol. The molecule has 1 aliphatic carbocycles. The normalized spacial score (nSPS) is 14.2. The number of nitrogens with one attached hydrogen (secondary N) is 1. The highest BCUT2D eigenvalue weighted by Crippen LogP contribution is 2.23. The number of aromatic nitrogens is 3. The molecule has 1 aliphatic rings. The van der Waals surface area contributed by atoms with Crippen LogP contribution in [0, 0.1) is 5.82 Å². The fourth-order valence-corrected chi connectivity index (χ4v) is 2.33. The summed E-state index contributed by atoms with van der Waals surface area (Å²) >= 11 is 0. The number of imidazole rings is 1. The number of benzene rings is 1. The van der Waals surface area contributed by atoms with E-state index in [2.05, 4.69) is 15.3 Å². The molecule has 0 spiro atoms. The third-order valence-electron chi connectivity index (χ3n) is 3.64. The molecule has 0 radical (unpaired) electrons. The molecule has 1 N–H and O–H groups in total. The van der Waals surface area contributed by atoms with Crippen molar-refractivity contribution in [2.24, 2.45) is 0 Å². The number of hydrogen-bond donors (Lipinski definition) is 1. The number of amides is 1. The van der Waals surface area contributed by atoms with Crippen molar-refractivity contribution in [2.75, 3.05) is 0 Å². The molecule has 1 fully saturated rings. The summed E-state index contributed by atoms with van der Waals surface area (Å²) in [5, 5.41) is 2.91. The van der Waals surface area contributed by atoms with Gasteiger partial charge in [-0.15, -0.1) is 0 Å². The van der Waals surface area contributed by atoms with Gasteiger partial charge in [-0.2, -0.15) is 0 Å². The number of carbonyl (C=O) groups excluding carboxylic acids is 1. The Balaban J connectivity index is 1.77. The molecule has 0 unspecified atom stereocenters. The molecule has 1 amide bonds.